The first-order valence-electron chi connectivity index (χ1n) is 8.72. The van der Waals surface area contributed by atoms with Crippen LogP contribution >= 0.6 is 11.8 Å². The van der Waals surface area contributed by atoms with Gasteiger partial charge in [-0.15, -0.1) is 0 Å². The van der Waals surface area contributed by atoms with Crippen LogP contribution in [0, 0.1) is 6.92 Å². The van der Waals surface area contributed by atoms with Gasteiger partial charge in [-0.25, -0.2) is 4.99 Å². The van der Waals surface area contributed by atoms with Crippen molar-refractivity contribution in [1.82, 2.24) is 4.90 Å². The molecule has 0 aliphatic carbocycles. The highest BCUT2D eigenvalue weighted by atomic mass is 32.2. The zero-order valence-electron chi connectivity index (χ0n) is 15.4. The van der Waals surface area contributed by atoms with Crippen LogP contribution in [0.5, 0.6) is 5.75 Å². The summed E-state index contributed by atoms with van der Waals surface area (Å²) in [4.78, 5) is 19.1. The lowest BCUT2D eigenvalue weighted by Gasteiger charge is -2.06. The number of carbonyl (C=O) groups excluding carboxylic acids is 1. The summed E-state index contributed by atoms with van der Waals surface area (Å²) >= 11 is 1.29. The number of aryl methyl sites for hydroxylation is 1. The average Bonchev–Trinajstić information content (AvgIpc) is 3.25. The largest absolute Gasteiger partial charge is 0.508 e. The van der Waals surface area contributed by atoms with E-state index in [4.69, 9.17) is 4.42 Å². The molecule has 4 rings (SSSR count). The van der Waals surface area contributed by atoms with Crippen molar-refractivity contribution in [3.8, 4) is 17.1 Å². The molecule has 0 atom stereocenters. The Balaban J connectivity index is 1.57. The monoisotopic (exact) mass is 390 g/mol. The predicted octanol–water partition coefficient (Wildman–Crippen LogP) is 5.19. The zero-order chi connectivity index (χ0) is 19.7. The minimum atomic E-state index is -0.129. The smallest absolute Gasteiger partial charge is 0.266 e. The molecule has 0 unspecified atom stereocenters. The normalized spacial score (nSPS) is 17.1. The topological polar surface area (TPSA) is 66.0 Å². The predicted molar refractivity (Wildman–Crippen MR) is 112 cm³/mol. The number of amidine groups is 1. The molecule has 1 amide bonds. The number of furan rings is 1. The fraction of sp³-hybridized carbons (Fsp3) is 0.0909. The quantitative estimate of drug-likeness (QED) is 0.625. The summed E-state index contributed by atoms with van der Waals surface area (Å²) in [5, 5.41) is 9.95. The van der Waals surface area contributed by atoms with Gasteiger partial charge in [-0.2, -0.15) is 0 Å². The summed E-state index contributed by atoms with van der Waals surface area (Å²) in [5.74, 6) is 1.42. The first kappa shape index (κ1) is 18.1. The summed E-state index contributed by atoms with van der Waals surface area (Å²) in [6.45, 7) is 2.04. The lowest BCUT2D eigenvalue weighted by Crippen LogP contribution is -2.23. The van der Waals surface area contributed by atoms with E-state index in [2.05, 4.69) is 4.99 Å². The van der Waals surface area contributed by atoms with E-state index >= 15 is 0 Å². The Morgan fingerprint density at radius 2 is 1.75 bits per heavy atom. The molecule has 1 fully saturated rings. The van der Waals surface area contributed by atoms with Gasteiger partial charge in [0.2, 0.25) is 0 Å². The van der Waals surface area contributed by atoms with Crippen molar-refractivity contribution >= 4 is 34.6 Å². The molecule has 5 nitrogen and oxygen atoms in total. The average molecular weight is 390 g/mol. The molecule has 1 aromatic heterocycles. The number of phenols is 1. The van der Waals surface area contributed by atoms with Gasteiger partial charge in [0.1, 0.15) is 17.3 Å². The number of aromatic hydroxyl groups is 1. The first-order valence-corrected chi connectivity index (χ1v) is 9.53. The molecule has 0 bridgehead atoms. The molecule has 0 radical (unpaired) electrons. The molecule has 140 valence electrons. The SMILES string of the molecule is Cc1ccc(-c2ccc(/C=C3\SC(=Nc4ccc(O)cc4)N(C)C3=O)o2)cc1. The number of nitrogens with zero attached hydrogens (tertiary/aromatic N) is 2. The Hall–Kier alpha value is -3.25. The fourth-order valence-electron chi connectivity index (χ4n) is 2.72. The fourth-order valence-corrected chi connectivity index (χ4v) is 3.69. The molecule has 2 heterocycles. The van der Waals surface area contributed by atoms with Crippen molar-refractivity contribution in [3.63, 3.8) is 0 Å². The van der Waals surface area contributed by atoms with E-state index in [-0.39, 0.29) is 11.7 Å². The number of benzene rings is 2. The zero-order valence-corrected chi connectivity index (χ0v) is 16.2. The number of phenolic OH excluding ortho intramolecular Hbond substituents is 1. The second-order valence-electron chi connectivity index (χ2n) is 6.45. The molecule has 1 aliphatic heterocycles. The van der Waals surface area contributed by atoms with Crippen LogP contribution in [0.25, 0.3) is 17.4 Å². The number of likely N-dealkylation sites (N-methyl/N-ethyl adjacent to an activating group) is 1. The molecule has 1 N–H and O–H groups in total. The second-order valence-corrected chi connectivity index (χ2v) is 7.46. The number of thioether (sulfide) groups is 1. The molecule has 3 aromatic rings. The standard InChI is InChI=1S/C22H18N2O3S/c1-14-3-5-15(6-4-14)19-12-11-18(27-19)13-20-21(26)24(2)22(28-20)23-16-7-9-17(25)10-8-16/h3-13,25H,1-2H3/b20-13-,23-22?. The van der Waals surface area contributed by atoms with E-state index in [0.29, 0.717) is 21.5 Å². The van der Waals surface area contributed by atoms with Crippen LogP contribution in [-0.2, 0) is 4.79 Å². The van der Waals surface area contributed by atoms with Crippen molar-refractivity contribution in [2.24, 2.45) is 4.99 Å². The third kappa shape index (κ3) is 3.73. The minimum absolute atomic E-state index is 0.129. The lowest BCUT2D eigenvalue weighted by molar-refractivity contribution is -0.121. The maximum Gasteiger partial charge on any atom is 0.266 e. The third-order valence-electron chi connectivity index (χ3n) is 4.31. The lowest BCUT2D eigenvalue weighted by atomic mass is 10.1. The molecule has 6 heteroatoms. The van der Waals surface area contributed by atoms with Gasteiger partial charge in [0.05, 0.1) is 10.6 Å². The van der Waals surface area contributed by atoms with Gasteiger partial charge in [0.25, 0.3) is 5.91 Å². The van der Waals surface area contributed by atoms with Gasteiger partial charge < -0.3 is 9.52 Å². The number of rotatable bonds is 3. The van der Waals surface area contributed by atoms with Crippen LogP contribution in [0.4, 0.5) is 5.69 Å². The van der Waals surface area contributed by atoms with Crippen LogP contribution in [0.3, 0.4) is 0 Å². The van der Waals surface area contributed by atoms with Crippen molar-refractivity contribution in [2.75, 3.05) is 7.05 Å². The molecular weight excluding hydrogens is 372 g/mol. The Kier molecular flexibility index (Phi) is 4.79. The van der Waals surface area contributed by atoms with Crippen molar-refractivity contribution < 1.29 is 14.3 Å². The number of hydrogen-bond donors (Lipinski definition) is 1. The van der Waals surface area contributed by atoms with E-state index in [0.717, 1.165) is 11.3 Å². The summed E-state index contributed by atoms with van der Waals surface area (Å²) in [7, 11) is 1.69. The van der Waals surface area contributed by atoms with Crippen molar-refractivity contribution in [1.29, 1.82) is 0 Å². The molecular formula is C22H18N2O3S. The number of carbonyl (C=O) groups is 1. The van der Waals surface area contributed by atoms with Crippen molar-refractivity contribution in [3.05, 3.63) is 76.9 Å². The number of hydrogen-bond acceptors (Lipinski definition) is 5. The molecule has 1 saturated heterocycles. The maximum absolute atomic E-state index is 12.6. The van der Waals surface area contributed by atoms with Gasteiger partial charge >= 0.3 is 0 Å². The Morgan fingerprint density at radius 3 is 2.46 bits per heavy atom. The molecule has 0 spiro atoms. The molecule has 1 aliphatic rings. The van der Waals surface area contributed by atoms with E-state index in [1.165, 1.54) is 22.2 Å². The van der Waals surface area contributed by atoms with Crippen LogP contribution in [0.1, 0.15) is 11.3 Å². The highest BCUT2D eigenvalue weighted by molar-refractivity contribution is 8.18. The van der Waals surface area contributed by atoms with Gasteiger partial charge in [-0.3, -0.25) is 9.69 Å². The first-order chi connectivity index (χ1) is 13.5. The van der Waals surface area contributed by atoms with Crippen molar-refractivity contribution in [2.45, 2.75) is 6.92 Å². The summed E-state index contributed by atoms with van der Waals surface area (Å²) in [5.41, 5.74) is 2.85. The maximum atomic E-state index is 12.6. The van der Waals surface area contributed by atoms with Crippen LogP contribution < -0.4 is 0 Å². The minimum Gasteiger partial charge on any atom is -0.508 e. The summed E-state index contributed by atoms with van der Waals surface area (Å²) in [6.07, 6.45) is 1.74. The highest BCUT2D eigenvalue weighted by Gasteiger charge is 2.30. The van der Waals surface area contributed by atoms with Gasteiger partial charge in [-0.1, -0.05) is 29.8 Å². The van der Waals surface area contributed by atoms with Gasteiger partial charge in [0, 0.05) is 18.7 Å². The summed E-state index contributed by atoms with van der Waals surface area (Å²) < 4.78 is 5.89. The van der Waals surface area contributed by atoms with Crippen LogP contribution in [0.2, 0.25) is 0 Å². The van der Waals surface area contributed by atoms with E-state index < -0.39 is 0 Å². The van der Waals surface area contributed by atoms with Crippen LogP contribution in [0.15, 0.2) is 75.0 Å². The van der Waals surface area contributed by atoms with Gasteiger partial charge in [0.15, 0.2) is 5.17 Å². The Bertz CT molecular complexity index is 1080. The Morgan fingerprint density at radius 1 is 1.04 bits per heavy atom. The molecule has 28 heavy (non-hydrogen) atoms. The van der Waals surface area contributed by atoms with Crippen LogP contribution in [-0.4, -0.2) is 28.1 Å². The van der Waals surface area contributed by atoms with E-state index in [1.54, 1.807) is 37.4 Å². The second kappa shape index (κ2) is 7.40. The Labute approximate surface area is 167 Å². The third-order valence-corrected chi connectivity index (χ3v) is 5.37. The van der Waals surface area contributed by atoms with E-state index in [9.17, 15) is 9.90 Å². The molecule has 0 saturated carbocycles. The number of aliphatic imine (C=N–C) groups is 1. The number of amides is 1. The summed E-state index contributed by atoms with van der Waals surface area (Å²) in [6, 6.07) is 18.4. The highest BCUT2D eigenvalue weighted by Crippen LogP contribution is 2.34. The molecule has 2 aromatic carbocycles. The van der Waals surface area contributed by atoms with Gasteiger partial charge in [-0.05, 0) is 55.1 Å². The van der Waals surface area contributed by atoms with E-state index in [1.807, 2.05) is 43.3 Å².